The van der Waals surface area contributed by atoms with E-state index < -0.39 is 20.0 Å². The topological polar surface area (TPSA) is 131 Å². The summed E-state index contributed by atoms with van der Waals surface area (Å²) in [6, 6.07) is -0.768. The number of aliphatic hydroxyl groups is 1. The molecule has 0 radical (unpaired) electrons. The van der Waals surface area contributed by atoms with E-state index in [1.165, 1.54) is 205 Å². The third-order valence-electron chi connectivity index (χ3n) is 11.7. The highest BCUT2D eigenvalue weighted by Crippen LogP contribution is 2.43. The monoisotopic (exact) mass is 831 g/mol. The first-order chi connectivity index (χ1) is 27.9. The Bertz CT molecular complexity index is 865. The molecule has 1 unspecified atom stereocenters. The van der Waals surface area contributed by atoms with Gasteiger partial charge in [-0.25, -0.2) is 4.57 Å². The van der Waals surface area contributed by atoms with Gasteiger partial charge >= 0.3 is 7.82 Å². The van der Waals surface area contributed by atoms with Crippen molar-refractivity contribution < 1.29 is 28.4 Å². The molecule has 57 heavy (non-hydrogen) atoms. The Morgan fingerprint density at radius 3 is 1.12 bits per heavy atom. The summed E-state index contributed by atoms with van der Waals surface area (Å²) in [5, 5.41) is 13.8. The molecule has 0 aliphatic rings. The summed E-state index contributed by atoms with van der Waals surface area (Å²) in [7, 11) is -4.31. The number of hydrogen-bond donors (Lipinski definition) is 4. The van der Waals surface area contributed by atoms with Gasteiger partial charge in [0.25, 0.3) is 0 Å². The van der Waals surface area contributed by atoms with Crippen LogP contribution in [0.1, 0.15) is 271 Å². The van der Waals surface area contributed by atoms with Crippen molar-refractivity contribution >= 4 is 13.7 Å². The van der Waals surface area contributed by atoms with Crippen molar-refractivity contribution in [2.24, 2.45) is 5.73 Å². The van der Waals surface area contributed by atoms with Crippen molar-refractivity contribution in [3.05, 3.63) is 0 Å². The fraction of sp³-hybridized carbons (Fsp3) is 0.979. The molecule has 0 spiro atoms. The van der Waals surface area contributed by atoms with E-state index in [2.05, 4.69) is 19.2 Å². The lowest BCUT2D eigenvalue weighted by Gasteiger charge is -2.25. The first-order valence-corrected chi connectivity index (χ1v) is 26.6. The molecule has 0 saturated heterocycles. The fourth-order valence-corrected chi connectivity index (χ4v) is 8.66. The quantitative estimate of drug-likeness (QED) is 0.0355. The van der Waals surface area contributed by atoms with E-state index >= 15 is 0 Å². The number of phosphoric acid groups is 1. The Hall–Kier alpha value is -0.500. The number of nitrogens with two attached hydrogens (primary N) is 1. The summed E-state index contributed by atoms with van der Waals surface area (Å²) in [4.78, 5) is 22.8. The number of hydrogen-bond acceptors (Lipinski definition) is 6. The summed E-state index contributed by atoms with van der Waals surface area (Å²) in [6.45, 7) is 4.25. The molecule has 0 aliphatic heterocycles. The lowest BCUT2D eigenvalue weighted by Crippen LogP contribution is -2.46. The van der Waals surface area contributed by atoms with Gasteiger partial charge in [-0.15, -0.1) is 0 Å². The molecule has 0 saturated carbocycles. The number of phosphoric ester groups is 1. The summed E-state index contributed by atoms with van der Waals surface area (Å²) in [6.07, 6.45) is 49.8. The molecule has 5 N–H and O–H groups in total. The van der Waals surface area contributed by atoms with Crippen LogP contribution in [0.4, 0.5) is 0 Å². The summed E-state index contributed by atoms with van der Waals surface area (Å²) >= 11 is 0. The van der Waals surface area contributed by atoms with Crippen LogP contribution in [0.5, 0.6) is 0 Å². The lowest BCUT2D eigenvalue weighted by atomic mass is 10.0. The standard InChI is InChI=1S/C48H99N2O6P/c1-3-5-7-9-11-13-15-17-19-20-21-22-23-24-25-26-27-28-30-32-34-36-38-40-42-48(52)50-46(45-56-57(53,54)55-44-43-49)47(51)41-39-37-35-33-31-29-18-16-14-12-10-8-6-4-2/h46-47,51H,3-45,49H2,1-2H3,(H,50,52)(H,53,54)/t46-,47+/m0/s1. The highest BCUT2D eigenvalue weighted by molar-refractivity contribution is 7.47. The number of carbonyl (C=O) groups excluding carboxylic acids is 1. The minimum Gasteiger partial charge on any atom is -0.391 e. The molecule has 3 atom stereocenters. The molecule has 0 aromatic heterocycles. The third kappa shape index (κ3) is 43.4. The molecule has 0 aromatic carbocycles. The van der Waals surface area contributed by atoms with Gasteiger partial charge in [0.15, 0.2) is 0 Å². The van der Waals surface area contributed by atoms with Gasteiger partial charge in [0, 0.05) is 13.0 Å². The van der Waals surface area contributed by atoms with E-state index in [9.17, 15) is 19.4 Å². The van der Waals surface area contributed by atoms with Crippen LogP contribution < -0.4 is 11.1 Å². The van der Waals surface area contributed by atoms with Crippen LogP contribution >= 0.6 is 7.82 Å². The van der Waals surface area contributed by atoms with Crippen LogP contribution in [0.3, 0.4) is 0 Å². The van der Waals surface area contributed by atoms with Crippen molar-refractivity contribution in [1.29, 1.82) is 0 Å². The van der Waals surface area contributed by atoms with Crippen molar-refractivity contribution in [2.45, 2.75) is 283 Å². The number of unbranched alkanes of at least 4 members (excludes halogenated alkanes) is 36. The normalized spacial score (nSPS) is 13.8. The lowest BCUT2D eigenvalue weighted by molar-refractivity contribution is -0.123. The van der Waals surface area contributed by atoms with Gasteiger partial charge in [0.2, 0.25) is 5.91 Å². The predicted molar refractivity (Wildman–Crippen MR) is 245 cm³/mol. The first-order valence-electron chi connectivity index (χ1n) is 25.2. The second kappa shape index (κ2) is 45.0. The molecule has 0 aromatic rings. The first kappa shape index (κ1) is 56.5. The SMILES string of the molecule is CCCCCCCCCCCCCCCCCCCCCCCCCCC(=O)N[C@@H](COP(=O)(O)OCCN)[C@H](O)CCCCCCCCCCCCCCCC. The number of rotatable bonds is 48. The molecule has 342 valence electrons. The van der Waals surface area contributed by atoms with Crippen LogP contribution in [0.25, 0.3) is 0 Å². The summed E-state index contributed by atoms with van der Waals surface area (Å²) in [5.74, 6) is -0.155. The minimum atomic E-state index is -4.31. The number of nitrogens with one attached hydrogen (secondary N) is 1. The van der Waals surface area contributed by atoms with E-state index in [0.717, 1.165) is 38.5 Å². The van der Waals surface area contributed by atoms with Gasteiger partial charge < -0.3 is 21.1 Å². The average Bonchev–Trinajstić information content (AvgIpc) is 3.20. The van der Waals surface area contributed by atoms with Gasteiger partial charge in [-0.1, -0.05) is 251 Å². The van der Waals surface area contributed by atoms with Crippen molar-refractivity contribution in [1.82, 2.24) is 5.32 Å². The van der Waals surface area contributed by atoms with Gasteiger partial charge in [0.05, 0.1) is 25.4 Å². The summed E-state index contributed by atoms with van der Waals surface area (Å²) < 4.78 is 22.2. The second-order valence-corrected chi connectivity index (χ2v) is 18.8. The molecular weight excluding hydrogens is 732 g/mol. The molecule has 0 heterocycles. The van der Waals surface area contributed by atoms with Crippen molar-refractivity contribution in [3.8, 4) is 0 Å². The number of amides is 1. The zero-order valence-electron chi connectivity index (χ0n) is 38.1. The Kier molecular flexibility index (Phi) is 44.6. The molecule has 8 nitrogen and oxygen atoms in total. The Morgan fingerprint density at radius 2 is 0.807 bits per heavy atom. The Morgan fingerprint density at radius 1 is 0.509 bits per heavy atom. The average molecular weight is 831 g/mol. The van der Waals surface area contributed by atoms with Crippen molar-refractivity contribution in [2.75, 3.05) is 19.8 Å². The smallest absolute Gasteiger partial charge is 0.391 e. The molecule has 0 rings (SSSR count). The third-order valence-corrected chi connectivity index (χ3v) is 12.7. The van der Waals surface area contributed by atoms with Gasteiger partial charge in [-0.2, -0.15) is 0 Å². The molecule has 0 aliphatic carbocycles. The van der Waals surface area contributed by atoms with Gasteiger partial charge in [-0.05, 0) is 12.8 Å². The maximum Gasteiger partial charge on any atom is 0.472 e. The molecule has 9 heteroatoms. The van der Waals surface area contributed by atoms with Crippen LogP contribution in [0, 0.1) is 0 Å². The molecular formula is C48H99N2O6P. The predicted octanol–water partition coefficient (Wildman–Crippen LogP) is 14.6. The van der Waals surface area contributed by atoms with Gasteiger partial charge in [-0.3, -0.25) is 13.8 Å². The largest absolute Gasteiger partial charge is 0.472 e. The Labute approximate surface area is 354 Å². The minimum absolute atomic E-state index is 0.0927. The maximum atomic E-state index is 12.8. The van der Waals surface area contributed by atoms with Crippen LogP contribution in [-0.2, 0) is 18.4 Å². The van der Waals surface area contributed by atoms with E-state index in [1.54, 1.807) is 0 Å². The number of aliphatic hydroxyl groups excluding tert-OH is 1. The highest BCUT2D eigenvalue weighted by Gasteiger charge is 2.27. The van der Waals surface area contributed by atoms with Crippen LogP contribution in [0.2, 0.25) is 0 Å². The zero-order chi connectivity index (χ0) is 41.8. The maximum absolute atomic E-state index is 12.8. The zero-order valence-corrected chi connectivity index (χ0v) is 39.0. The fourth-order valence-electron chi connectivity index (χ4n) is 7.90. The Balaban J connectivity index is 3.95. The summed E-state index contributed by atoms with van der Waals surface area (Å²) in [5.41, 5.74) is 5.39. The van der Waals surface area contributed by atoms with Gasteiger partial charge in [0.1, 0.15) is 0 Å². The molecule has 0 fully saturated rings. The van der Waals surface area contributed by atoms with Crippen molar-refractivity contribution in [3.63, 3.8) is 0 Å². The molecule has 0 bridgehead atoms. The van der Waals surface area contributed by atoms with Crippen LogP contribution in [0.15, 0.2) is 0 Å². The van der Waals surface area contributed by atoms with E-state index in [0.29, 0.717) is 12.8 Å². The number of carbonyl (C=O) groups is 1. The molecule has 1 amide bonds. The van der Waals surface area contributed by atoms with E-state index in [4.69, 9.17) is 14.8 Å². The van der Waals surface area contributed by atoms with E-state index in [1.807, 2.05) is 0 Å². The second-order valence-electron chi connectivity index (χ2n) is 17.4. The highest BCUT2D eigenvalue weighted by atomic mass is 31.2. The van der Waals surface area contributed by atoms with Crippen LogP contribution in [-0.4, -0.2) is 47.8 Å². The van der Waals surface area contributed by atoms with E-state index in [-0.39, 0.29) is 25.7 Å².